The molecule has 4 rings (SSSR count). The number of furan rings is 1. The molecule has 0 radical (unpaired) electrons. The first kappa shape index (κ1) is 25.4. The van der Waals surface area contributed by atoms with Crippen LogP contribution >= 0.6 is 11.3 Å². The summed E-state index contributed by atoms with van der Waals surface area (Å²) in [5.74, 6) is 1.50. The lowest BCUT2D eigenvalue weighted by atomic mass is 10.1. The van der Waals surface area contributed by atoms with E-state index in [1.165, 1.54) is 17.4 Å². The Kier molecular flexibility index (Phi) is 8.70. The molecule has 7 nitrogen and oxygen atoms in total. The molecule has 9 heteroatoms. The molecule has 0 aliphatic rings. The number of methoxy groups -OCH3 is 2. The maximum atomic E-state index is 14.4. The normalized spacial score (nSPS) is 11.0. The van der Waals surface area contributed by atoms with E-state index in [-0.39, 0.29) is 11.7 Å². The van der Waals surface area contributed by atoms with Crippen LogP contribution in [-0.4, -0.2) is 36.6 Å². The summed E-state index contributed by atoms with van der Waals surface area (Å²) in [6.07, 6.45) is 2.28. The van der Waals surface area contributed by atoms with Crippen LogP contribution in [-0.2, 0) is 26.1 Å². The monoisotopic (exact) mass is 509 g/mol. The van der Waals surface area contributed by atoms with Crippen LogP contribution in [0.15, 0.2) is 70.7 Å². The number of carbonyl (C=O) groups is 1. The van der Waals surface area contributed by atoms with Crippen molar-refractivity contribution in [2.24, 2.45) is 0 Å². The SMILES string of the molecule is COc1ccc(CCN(Cc2nc(C(=O)NCc3ccco3)cs2)Cc2ccccc2F)cc1OC. The van der Waals surface area contributed by atoms with Gasteiger partial charge in [0.2, 0.25) is 0 Å². The first-order chi connectivity index (χ1) is 17.6. The molecule has 0 bridgehead atoms. The molecular formula is C27H28FN3O4S. The molecular weight excluding hydrogens is 481 g/mol. The van der Waals surface area contributed by atoms with Gasteiger partial charge in [0, 0.05) is 24.0 Å². The number of carbonyl (C=O) groups excluding carboxylic acids is 1. The number of benzene rings is 2. The zero-order valence-electron chi connectivity index (χ0n) is 20.2. The summed E-state index contributed by atoms with van der Waals surface area (Å²) in [5.41, 5.74) is 2.04. The Hall–Kier alpha value is -3.69. The molecule has 188 valence electrons. The van der Waals surface area contributed by atoms with Crippen molar-refractivity contribution in [1.82, 2.24) is 15.2 Å². The van der Waals surface area contributed by atoms with E-state index in [0.29, 0.717) is 54.7 Å². The van der Waals surface area contributed by atoms with E-state index >= 15 is 0 Å². The molecule has 0 fully saturated rings. The van der Waals surface area contributed by atoms with Crippen LogP contribution in [0.3, 0.4) is 0 Å². The molecule has 0 saturated carbocycles. The van der Waals surface area contributed by atoms with Crippen LogP contribution in [0.2, 0.25) is 0 Å². The van der Waals surface area contributed by atoms with E-state index in [4.69, 9.17) is 13.9 Å². The fourth-order valence-corrected chi connectivity index (χ4v) is 4.57. The molecule has 0 aliphatic heterocycles. The Morgan fingerprint density at radius 2 is 1.92 bits per heavy atom. The van der Waals surface area contributed by atoms with Gasteiger partial charge in [-0.1, -0.05) is 24.3 Å². The summed E-state index contributed by atoms with van der Waals surface area (Å²) < 4.78 is 30.4. The van der Waals surface area contributed by atoms with Gasteiger partial charge in [0.25, 0.3) is 5.91 Å². The number of rotatable bonds is 12. The molecule has 2 heterocycles. The van der Waals surface area contributed by atoms with Crippen molar-refractivity contribution < 1.29 is 23.1 Å². The summed E-state index contributed by atoms with van der Waals surface area (Å²) in [6, 6.07) is 16.2. The third-order valence-electron chi connectivity index (χ3n) is 5.66. The second kappa shape index (κ2) is 12.3. The van der Waals surface area contributed by atoms with Crippen molar-refractivity contribution in [1.29, 1.82) is 0 Å². The van der Waals surface area contributed by atoms with Crippen LogP contribution in [0.25, 0.3) is 0 Å². The molecule has 2 aromatic carbocycles. The molecule has 4 aromatic rings. The molecule has 0 unspecified atom stereocenters. The van der Waals surface area contributed by atoms with Crippen LogP contribution < -0.4 is 14.8 Å². The maximum absolute atomic E-state index is 14.4. The number of hydrogen-bond acceptors (Lipinski definition) is 7. The fraction of sp³-hybridized carbons (Fsp3) is 0.259. The smallest absolute Gasteiger partial charge is 0.271 e. The molecule has 1 amide bonds. The summed E-state index contributed by atoms with van der Waals surface area (Å²) in [4.78, 5) is 19.2. The molecule has 0 saturated heterocycles. The third-order valence-corrected chi connectivity index (χ3v) is 6.50. The molecule has 36 heavy (non-hydrogen) atoms. The van der Waals surface area contributed by atoms with Gasteiger partial charge in [-0.2, -0.15) is 0 Å². The Bertz CT molecular complexity index is 1280. The van der Waals surface area contributed by atoms with Gasteiger partial charge in [-0.05, 0) is 42.3 Å². The number of ether oxygens (including phenoxy) is 2. The van der Waals surface area contributed by atoms with Gasteiger partial charge in [-0.15, -0.1) is 11.3 Å². The van der Waals surface area contributed by atoms with E-state index in [9.17, 15) is 9.18 Å². The van der Waals surface area contributed by atoms with Crippen LogP contribution in [0.1, 0.15) is 32.4 Å². The van der Waals surface area contributed by atoms with Gasteiger partial charge >= 0.3 is 0 Å². The Morgan fingerprint density at radius 1 is 1.08 bits per heavy atom. The van der Waals surface area contributed by atoms with Crippen LogP contribution in [0, 0.1) is 5.82 Å². The number of hydrogen-bond donors (Lipinski definition) is 1. The highest BCUT2D eigenvalue weighted by atomic mass is 32.1. The van der Waals surface area contributed by atoms with Gasteiger partial charge in [0.05, 0.1) is 33.6 Å². The largest absolute Gasteiger partial charge is 0.493 e. The Balaban J connectivity index is 1.44. The first-order valence-corrected chi connectivity index (χ1v) is 12.4. The van der Waals surface area contributed by atoms with Crippen LogP contribution in [0.4, 0.5) is 4.39 Å². The van der Waals surface area contributed by atoms with Crippen molar-refractivity contribution in [3.8, 4) is 11.5 Å². The molecule has 1 N–H and O–H groups in total. The number of nitrogens with zero attached hydrogens (tertiary/aromatic N) is 2. The minimum atomic E-state index is -0.264. The van der Waals surface area contributed by atoms with E-state index in [1.807, 2.05) is 24.3 Å². The lowest BCUT2D eigenvalue weighted by Gasteiger charge is -2.22. The van der Waals surface area contributed by atoms with Gasteiger partial charge in [-0.25, -0.2) is 9.37 Å². The predicted octanol–water partition coefficient (Wildman–Crippen LogP) is 5.07. The van der Waals surface area contributed by atoms with Gasteiger partial charge in [0.1, 0.15) is 22.3 Å². The highest BCUT2D eigenvalue weighted by molar-refractivity contribution is 7.09. The van der Waals surface area contributed by atoms with Crippen molar-refractivity contribution in [2.75, 3.05) is 20.8 Å². The zero-order valence-corrected chi connectivity index (χ0v) is 21.0. The van der Waals surface area contributed by atoms with Crippen molar-refractivity contribution in [2.45, 2.75) is 26.1 Å². The number of nitrogens with one attached hydrogen (secondary N) is 1. The second-order valence-electron chi connectivity index (χ2n) is 8.13. The minimum Gasteiger partial charge on any atom is -0.493 e. The molecule has 0 spiro atoms. The standard InChI is InChI=1S/C27H28FN3O4S/c1-33-24-10-9-19(14-25(24)34-2)11-12-31(16-20-6-3-4-8-22(20)28)17-26-30-23(18-36-26)27(32)29-15-21-7-5-13-35-21/h3-10,13-14,18H,11-12,15-17H2,1-2H3,(H,29,32). The van der Waals surface area contributed by atoms with Crippen molar-refractivity contribution in [3.63, 3.8) is 0 Å². The summed E-state index contributed by atoms with van der Waals surface area (Å²) in [5, 5.41) is 5.33. The number of thiazole rings is 1. The van der Waals surface area contributed by atoms with Gasteiger partial charge < -0.3 is 19.2 Å². The quantitative estimate of drug-likeness (QED) is 0.287. The number of amides is 1. The minimum absolute atomic E-state index is 0.245. The molecule has 2 aromatic heterocycles. The number of aromatic nitrogens is 1. The van der Waals surface area contributed by atoms with Gasteiger partial charge in [0.15, 0.2) is 11.5 Å². The summed E-state index contributed by atoms with van der Waals surface area (Å²) >= 11 is 1.41. The number of halogens is 1. The van der Waals surface area contributed by atoms with E-state index < -0.39 is 0 Å². The lowest BCUT2D eigenvalue weighted by Crippen LogP contribution is -2.26. The van der Waals surface area contributed by atoms with E-state index in [2.05, 4.69) is 15.2 Å². The topological polar surface area (TPSA) is 76.8 Å². The van der Waals surface area contributed by atoms with Gasteiger partial charge in [-0.3, -0.25) is 9.69 Å². The van der Waals surface area contributed by atoms with E-state index in [0.717, 1.165) is 17.0 Å². The average molecular weight is 510 g/mol. The predicted molar refractivity (Wildman–Crippen MR) is 136 cm³/mol. The summed E-state index contributed by atoms with van der Waals surface area (Å²) in [6.45, 7) is 1.85. The summed E-state index contributed by atoms with van der Waals surface area (Å²) in [7, 11) is 3.21. The second-order valence-corrected chi connectivity index (χ2v) is 9.07. The highest BCUT2D eigenvalue weighted by Crippen LogP contribution is 2.28. The van der Waals surface area contributed by atoms with E-state index in [1.54, 1.807) is 50.1 Å². The Labute approximate surface area is 213 Å². The maximum Gasteiger partial charge on any atom is 0.271 e. The zero-order chi connectivity index (χ0) is 25.3. The van der Waals surface area contributed by atoms with Crippen molar-refractivity contribution >= 4 is 17.2 Å². The molecule has 0 aliphatic carbocycles. The highest BCUT2D eigenvalue weighted by Gasteiger charge is 2.16. The Morgan fingerprint density at radius 3 is 2.67 bits per heavy atom. The fourth-order valence-electron chi connectivity index (χ4n) is 3.76. The van der Waals surface area contributed by atoms with Crippen LogP contribution in [0.5, 0.6) is 11.5 Å². The molecule has 0 atom stereocenters. The first-order valence-electron chi connectivity index (χ1n) is 11.5. The average Bonchev–Trinajstić information content (AvgIpc) is 3.59. The third kappa shape index (κ3) is 6.71. The lowest BCUT2D eigenvalue weighted by molar-refractivity contribution is 0.0943. The van der Waals surface area contributed by atoms with Crippen molar-refractivity contribution in [3.05, 3.63) is 99.6 Å².